The van der Waals surface area contributed by atoms with E-state index >= 15 is 0 Å². The molecule has 0 saturated carbocycles. The molecule has 0 bridgehead atoms. The molecule has 0 atom stereocenters. The molecule has 9 heteroatoms. The van der Waals surface area contributed by atoms with Gasteiger partial charge in [0.05, 0.1) is 28.5 Å². The highest BCUT2D eigenvalue weighted by molar-refractivity contribution is 9.10. The van der Waals surface area contributed by atoms with Crippen molar-refractivity contribution in [2.45, 2.75) is 33.5 Å². The Balaban J connectivity index is 1.74. The molecule has 3 aromatic rings. The van der Waals surface area contributed by atoms with Crippen molar-refractivity contribution < 1.29 is 18.4 Å². The van der Waals surface area contributed by atoms with Crippen LogP contribution in [-0.4, -0.2) is 32.8 Å². The number of rotatable bonds is 7. The van der Waals surface area contributed by atoms with Gasteiger partial charge in [0, 0.05) is 13.6 Å². The number of carbonyl (C=O) groups excluding carboxylic acids is 1. The van der Waals surface area contributed by atoms with E-state index in [1.54, 1.807) is 25.1 Å². The first-order valence-corrected chi connectivity index (χ1v) is 9.49. The number of halogens is 2. The highest BCUT2D eigenvalue weighted by Gasteiger charge is 2.24. The molecule has 7 nitrogen and oxygen atoms in total. The Labute approximate surface area is 170 Å². The highest BCUT2D eigenvalue weighted by atomic mass is 79.9. The summed E-state index contributed by atoms with van der Waals surface area (Å²) < 4.78 is 26.6. The molecule has 148 valence electrons. The Morgan fingerprint density at radius 2 is 2.07 bits per heavy atom. The van der Waals surface area contributed by atoms with Gasteiger partial charge in [0.15, 0.2) is 5.69 Å². The van der Waals surface area contributed by atoms with Gasteiger partial charge in [0.1, 0.15) is 23.9 Å². The van der Waals surface area contributed by atoms with E-state index in [0.29, 0.717) is 30.2 Å². The Morgan fingerprint density at radius 1 is 1.36 bits per heavy atom. The van der Waals surface area contributed by atoms with Crippen molar-refractivity contribution in [3.8, 4) is 5.75 Å². The van der Waals surface area contributed by atoms with E-state index in [4.69, 9.17) is 9.26 Å². The van der Waals surface area contributed by atoms with Gasteiger partial charge in [0.25, 0.3) is 5.91 Å². The second-order valence-corrected chi connectivity index (χ2v) is 7.08. The van der Waals surface area contributed by atoms with Crippen LogP contribution >= 0.6 is 15.9 Å². The second kappa shape index (κ2) is 8.55. The third kappa shape index (κ3) is 4.24. The zero-order chi connectivity index (χ0) is 20.3. The molecule has 0 radical (unpaired) electrons. The number of hydrogen-bond donors (Lipinski definition) is 0. The lowest BCUT2D eigenvalue weighted by atomic mass is 10.2. The fraction of sp³-hybridized carbons (Fsp3) is 0.316. The molecule has 0 saturated heterocycles. The maximum Gasteiger partial charge on any atom is 0.276 e. The average molecular weight is 451 g/mol. The average Bonchev–Trinajstić information content (AvgIpc) is 3.23. The van der Waals surface area contributed by atoms with Crippen LogP contribution in [0.25, 0.3) is 0 Å². The molecule has 0 spiro atoms. The van der Waals surface area contributed by atoms with Gasteiger partial charge in [-0.1, -0.05) is 5.16 Å². The van der Waals surface area contributed by atoms with Gasteiger partial charge < -0.3 is 14.2 Å². The van der Waals surface area contributed by atoms with E-state index in [-0.39, 0.29) is 24.0 Å². The minimum Gasteiger partial charge on any atom is -0.489 e. The largest absolute Gasteiger partial charge is 0.489 e. The lowest BCUT2D eigenvalue weighted by molar-refractivity contribution is 0.0768. The minimum absolute atomic E-state index is 0.0897. The fourth-order valence-electron chi connectivity index (χ4n) is 2.71. The number of amides is 1. The third-order valence-electron chi connectivity index (χ3n) is 4.31. The van der Waals surface area contributed by atoms with Crippen molar-refractivity contribution in [3.05, 3.63) is 63.5 Å². The van der Waals surface area contributed by atoms with E-state index < -0.39 is 0 Å². The van der Waals surface area contributed by atoms with Gasteiger partial charge in [-0.05, 0) is 54.0 Å². The first-order chi connectivity index (χ1) is 13.4. The highest BCUT2D eigenvalue weighted by Crippen LogP contribution is 2.22. The summed E-state index contributed by atoms with van der Waals surface area (Å²) in [6.45, 7) is 4.85. The predicted molar refractivity (Wildman–Crippen MR) is 103 cm³/mol. The van der Waals surface area contributed by atoms with Gasteiger partial charge in [-0.3, -0.25) is 9.48 Å². The quantitative estimate of drug-likeness (QED) is 0.544. The molecule has 0 N–H and O–H groups in total. The first kappa shape index (κ1) is 20.1. The van der Waals surface area contributed by atoms with Gasteiger partial charge in [0.2, 0.25) is 0 Å². The standard InChI is InChI=1S/C19H20BrFN4O3/c1-4-25-17(16(20)9-22-25)10-24(3)19(26)18-15(12(2)28-23-18)11-27-14-7-5-13(21)6-8-14/h5-9H,4,10-11H2,1-3H3. The molecule has 0 fully saturated rings. The summed E-state index contributed by atoms with van der Waals surface area (Å²) in [6, 6.07) is 5.67. The van der Waals surface area contributed by atoms with E-state index in [1.807, 2.05) is 11.6 Å². The first-order valence-electron chi connectivity index (χ1n) is 8.69. The van der Waals surface area contributed by atoms with Gasteiger partial charge >= 0.3 is 0 Å². The van der Waals surface area contributed by atoms with Crippen LogP contribution in [-0.2, 0) is 19.7 Å². The number of aromatic nitrogens is 3. The Hall–Kier alpha value is -2.68. The van der Waals surface area contributed by atoms with Crippen LogP contribution in [0.2, 0.25) is 0 Å². The van der Waals surface area contributed by atoms with Crippen LogP contribution in [0.1, 0.15) is 34.4 Å². The normalized spacial score (nSPS) is 10.9. The molecule has 1 amide bonds. The van der Waals surface area contributed by atoms with Crippen molar-refractivity contribution in [3.63, 3.8) is 0 Å². The van der Waals surface area contributed by atoms with Crippen LogP contribution in [0.5, 0.6) is 5.75 Å². The summed E-state index contributed by atoms with van der Waals surface area (Å²) in [7, 11) is 1.69. The summed E-state index contributed by atoms with van der Waals surface area (Å²) in [4.78, 5) is 14.5. The van der Waals surface area contributed by atoms with Crippen molar-refractivity contribution in [2.24, 2.45) is 0 Å². The molecular formula is C19H20BrFN4O3. The molecule has 2 heterocycles. The zero-order valence-corrected chi connectivity index (χ0v) is 17.4. The number of aryl methyl sites for hydroxylation is 2. The summed E-state index contributed by atoms with van der Waals surface area (Å²) in [5, 5.41) is 8.18. The number of hydrogen-bond acceptors (Lipinski definition) is 5. The summed E-state index contributed by atoms with van der Waals surface area (Å²) in [6.07, 6.45) is 1.71. The fourth-order valence-corrected chi connectivity index (χ4v) is 3.13. The SMILES string of the molecule is CCn1ncc(Br)c1CN(C)C(=O)c1noc(C)c1COc1ccc(F)cc1. The van der Waals surface area contributed by atoms with Crippen molar-refractivity contribution >= 4 is 21.8 Å². The van der Waals surface area contributed by atoms with Gasteiger partial charge in [-0.25, -0.2) is 4.39 Å². The molecule has 3 rings (SSSR count). The monoisotopic (exact) mass is 450 g/mol. The van der Waals surface area contributed by atoms with Crippen molar-refractivity contribution in [2.75, 3.05) is 7.05 Å². The summed E-state index contributed by atoms with van der Waals surface area (Å²) >= 11 is 3.46. The van der Waals surface area contributed by atoms with Gasteiger partial charge in [-0.2, -0.15) is 5.10 Å². The molecule has 0 aliphatic carbocycles. The molecule has 2 aromatic heterocycles. The molecule has 0 aliphatic rings. The predicted octanol–water partition coefficient (Wildman–Crippen LogP) is 3.95. The number of carbonyl (C=O) groups is 1. The van der Waals surface area contributed by atoms with Crippen LogP contribution in [0.4, 0.5) is 4.39 Å². The van der Waals surface area contributed by atoms with E-state index in [2.05, 4.69) is 26.2 Å². The zero-order valence-electron chi connectivity index (χ0n) is 15.8. The molecule has 28 heavy (non-hydrogen) atoms. The molecule has 1 aromatic carbocycles. The smallest absolute Gasteiger partial charge is 0.276 e. The van der Waals surface area contributed by atoms with Crippen LogP contribution < -0.4 is 4.74 Å². The van der Waals surface area contributed by atoms with Crippen molar-refractivity contribution in [1.82, 2.24) is 19.8 Å². The van der Waals surface area contributed by atoms with Crippen LogP contribution in [0, 0.1) is 12.7 Å². The van der Waals surface area contributed by atoms with Crippen LogP contribution in [0.15, 0.2) is 39.5 Å². The lowest BCUT2D eigenvalue weighted by Crippen LogP contribution is -2.29. The number of benzene rings is 1. The van der Waals surface area contributed by atoms with E-state index in [1.165, 1.54) is 24.3 Å². The minimum atomic E-state index is -0.344. The number of ether oxygens (including phenoxy) is 1. The third-order valence-corrected chi connectivity index (χ3v) is 4.98. The van der Waals surface area contributed by atoms with Crippen LogP contribution in [0.3, 0.4) is 0 Å². The summed E-state index contributed by atoms with van der Waals surface area (Å²) in [5.41, 5.74) is 1.65. The topological polar surface area (TPSA) is 73.4 Å². The molecule has 0 unspecified atom stereocenters. The second-order valence-electron chi connectivity index (χ2n) is 6.22. The Kier molecular flexibility index (Phi) is 6.13. The lowest BCUT2D eigenvalue weighted by Gasteiger charge is -2.17. The van der Waals surface area contributed by atoms with Gasteiger partial charge in [-0.15, -0.1) is 0 Å². The molecular weight excluding hydrogens is 431 g/mol. The van der Waals surface area contributed by atoms with E-state index in [9.17, 15) is 9.18 Å². The molecule has 0 aliphatic heterocycles. The van der Waals surface area contributed by atoms with E-state index in [0.717, 1.165) is 10.2 Å². The maximum atomic E-state index is 13.0. The maximum absolute atomic E-state index is 13.0. The Bertz CT molecular complexity index is 968. The Morgan fingerprint density at radius 3 is 2.75 bits per heavy atom. The van der Waals surface area contributed by atoms with Crippen molar-refractivity contribution in [1.29, 1.82) is 0 Å². The summed E-state index contributed by atoms with van der Waals surface area (Å²) in [5.74, 6) is 0.358. The number of nitrogens with zero attached hydrogens (tertiary/aromatic N) is 4.